The molecule has 0 radical (unpaired) electrons. The van der Waals surface area contributed by atoms with Crippen LogP contribution in [0.15, 0.2) is 12.3 Å². The van der Waals surface area contributed by atoms with Gasteiger partial charge in [0.15, 0.2) is 5.15 Å². The van der Waals surface area contributed by atoms with Gasteiger partial charge in [-0.2, -0.15) is 0 Å². The molecule has 14 heavy (non-hydrogen) atoms. The third-order valence-electron chi connectivity index (χ3n) is 2.33. The van der Waals surface area contributed by atoms with Crippen molar-refractivity contribution in [1.82, 2.24) is 10.3 Å². The lowest BCUT2D eigenvalue weighted by Gasteiger charge is -2.29. The van der Waals surface area contributed by atoms with Gasteiger partial charge in [0.05, 0.1) is 17.6 Å². The fourth-order valence-electron chi connectivity index (χ4n) is 1.55. The van der Waals surface area contributed by atoms with Crippen LogP contribution in [0.3, 0.4) is 0 Å². The molecule has 2 heterocycles. The van der Waals surface area contributed by atoms with E-state index in [4.69, 9.17) is 17.3 Å². The van der Waals surface area contributed by atoms with Crippen molar-refractivity contribution >= 4 is 23.0 Å². The van der Waals surface area contributed by atoms with Gasteiger partial charge in [-0.05, 0) is 6.07 Å². The zero-order valence-corrected chi connectivity index (χ0v) is 8.59. The van der Waals surface area contributed by atoms with Crippen LogP contribution in [0, 0.1) is 0 Å². The second-order valence-corrected chi connectivity index (χ2v) is 3.67. The Kier molecular flexibility index (Phi) is 2.74. The number of hydrogen-bond acceptors (Lipinski definition) is 4. The third-order valence-corrected chi connectivity index (χ3v) is 2.65. The first-order valence-electron chi connectivity index (χ1n) is 4.64. The molecule has 1 fully saturated rings. The summed E-state index contributed by atoms with van der Waals surface area (Å²) in [6.07, 6.45) is 1.77. The van der Waals surface area contributed by atoms with Gasteiger partial charge in [0.25, 0.3) is 0 Å². The molecule has 1 saturated heterocycles. The highest BCUT2D eigenvalue weighted by molar-refractivity contribution is 6.31. The second-order valence-electron chi connectivity index (χ2n) is 3.31. The van der Waals surface area contributed by atoms with Crippen LogP contribution in [0.1, 0.15) is 0 Å². The molecule has 0 atom stereocenters. The number of piperazine rings is 1. The highest BCUT2D eigenvalue weighted by Crippen LogP contribution is 2.22. The molecular formula is C9H13ClN4. The monoisotopic (exact) mass is 212 g/mol. The molecule has 0 unspecified atom stereocenters. The normalized spacial score (nSPS) is 17.1. The number of anilines is 2. The molecule has 0 amide bonds. The molecule has 0 bridgehead atoms. The first-order valence-corrected chi connectivity index (χ1v) is 5.02. The molecule has 0 aliphatic carbocycles. The zero-order chi connectivity index (χ0) is 9.97. The average Bonchev–Trinajstić information content (AvgIpc) is 2.23. The number of nitrogens with zero attached hydrogens (tertiary/aromatic N) is 2. The standard InChI is InChI=1S/C9H13ClN4/c10-9-8(11)5-7(6-13-9)14-3-1-12-2-4-14/h5-6,12H,1-4,11H2. The van der Waals surface area contributed by atoms with Crippen molar-refractivity contribution in [2.45, 2.75) is 0 Å². The molecule has 4 nitrogen and oxygen atoms in total. The van der Waals surface area contributed by atoms with Crippen LogP contribution in [0.4, 0.5) is 11.4 Å². The van der Waals surface area contributed by atoms with E-state index in [1.54, 1.807) is 6.20 Å². The van der Waals surface area contributed by atoms with E-state index in [1.165, 1.54) is 0 Å². The summed E-state index contributed by atoms with van der Waals surface area (Å²) in [5.41, 5.74) is 7.28. The summed E-state index contributed by atoms with van der Waals surface area (Å²) in [6, 6.07) is 1.88. The van der Waals surface area contributed by atoms with Gasteiger partial charge in [0, 0.05) is 26.2 Å². The maximum atomic E-state index is 5.75. The third kappa shape index (κ3) is 1.91. The first-order chi connectivity index (χ1) is 6.77. The highest BCUT2D eigenvalue weighted by Gasteiger charge is 2.11. The van der Waals surface area contributed by atoms with Crippen molar-refractivity contribution in [3.63, 3.8) is 0 Å². The van der Waals surface area contributed by atoms with E-state index < -0.39 is 0 Å². The lowest BCUT2D eigenvalue weighted by atomic mass is 10.3. The Hall–Kier alpha value is -1.00. The fraction of sp³-hybridized carbons (Fsp3) is 0.444. The lowest BCUT2D eigenvalue weighted by Crippen LogP contribution is -2.43. The predicted octanol–water partition coefficient (Wildman–Crippen LogP) is 0.727. The van der Waals surface area contributed by atoms with Gasteiger partial charge < -0.3 is 16.0 Å². The molecular weight excluding hydrogens is 200 g/mol. The van der Waals surface area contributed by atoms with E-state index in [2.05, 4.69) is 15.2 Å². The first kappa shape index (κ1) is 9.55. The van der Waals surface area contributed by atoms with E-state index in [1.807, 2.05) is 6.07 Å². The van der Waals surface area contributed by atoms with Crippen LogP contribution in [-0.4, -0.2) is 31.2 Å². The minimum atomic E-state index is 0.379. The molecule has 76 valence electrons. The number of halogens is 1. The van der Waals surface area contributed by atoms with Crippen molar-refractivity contribution in [2.24, 2.45) is 0 Å². The predicted molar refractivity (Wildman–Crippen MR) is 58.7 cm³/mol. The van der Waals surface area contributed by atoms with Crippen molar-refractivity contribution in [2.75, 3.05) is 36.8 Å². The van der Waals surface area contributed by atoms with Crippen LogP contribution >= 0.6 is 11.6 Å². The Morgan fingerprint density at radius 3 is 2.79 bits per heavy atom. The van der Waals surface area contributed by atoms with E-state index in [0.717, 1.165) is 31.9 Å². The number of rotatable bonds is 1. The van der Waals surface area contributed by atoms with E-state index in [-0.39, 0.29) is 0 Å². The summed E-state index contributed by atoms with van der Waals surface area (Å²) in [5, 5.41) is 3.67. The Morgan fingerprint density at radius 1 is 1.43 bits per heavy atom. The molecule has 0 saturated carbocycles. The smallest absolute Gasteiger partial charge is 0.152 e. The maximum Gasteiger partial charge on any atom is 0.152 e. The number of pyridine rings is 1. The van der Waals surface area contributed by atoms with Crippen molar-refractivity contribution in [3.05, 3.63) is 17.4 Å². The largest absolute Gasteiger partial charge is 0.396 e. The minimum absolute atomic E-state index is 0.379. The van der Waals surface area contributed by atoms with E-state index >= 15 is 0 Å². The Balaban J connectivity index is 2.18. The van der Waals surface area contributed by atoms with Gasteiger partial charge in [-0.15, -0.1) is 0 Å². The van der Waals surface area contributed by atoms with Gasteiger partial charge >= 0.3 is 0 Å². The van der Waals surface area contributed by atoms with Crippen LogP contribution in [0.5, 0.6) is 0 Å². The number of nitrogens with one attached hydrogen (secondary N) is 1. The van der Waals surface area contributed by atoms with Gasteiger partial charge in [-0.3, -0.25) is 0 Å². The van der Waals surface area contributed by atoms with Crippen molar-refractivity contribution < 1.29 is 0 Å². The molecule has 1 aromatic rings. The Labute approximate surface area is 88.1 Å². The molecule has 5 heteroatoms. The second kappa shape index (κ2) is 4.02. The van der Waals surface area contributed by atoms with Crippen LogP contribution in [0.25, 0.3) is 0 Å². The zero-order valence-electron chi connectivity index (χ0n) is 7.83. The van der Waals surface area contributed by atoms with Crippen LogP contribution in [-0.2, 0) is 0 Å². The maximum absolute atomic E-state index is 5.75. The minimum Gasteiger partial charge on any atom is -0.396 e. The van der Waals surface area contributed by atoms with Gasteiger partial charge in [-0.25, -0.2) is 4.98 Å². The topological polar surface area (TPSA) is 54.2 Å². The highest BCUT2D eigenvalue weighted by atomic mass is 35.5. The van der Waals surface area contributed by atoms with Gasteiger partial charge in [0.1, 0.15) is 0 Å². The van der Waals surface area contributed by atoms with E-state index in [9.17, 15) is 0 Å². The molecule has 2 rings (SSSR count). The molecule has 3 N–H and O–H groups in total. The molecule has 1 aromatic heterocycles. The fourth-order valence-corrected chi connectivity index (χ4v) is 1.65. The van der Waals surface area contributed by atoms with Crippen LogP contribution < -0.4 is 16.0 Å². The molecule has 0 aromatic carbocycles. The lowest BCUT2D eigenvalue weighted by molar-refractivity contribution is 0.589. The summed E-state index contributed by atoms with van der Waals surface area (Å²) in [7, 11) is 0. The molecule has 0 spiro atoms. The summed E-state index contributed by atoms with van der Waals surface area (Å²) in [4.78, 5) is 6.28. The number of nitrogen functional groups attached to an aromatic ring is 1. The number of aromatic nitrogens is 1. The van der Waals surface area contributed by atoms with Crippen LogP contribution in [0.2, 0.25) is 5.15 Å². The van der Waals surface area contributed by atoms with Gasteiger partial charge in [-0.1, -0.05) is 11.6 Å². The van der Waals surface area contributed by atoms with Crippen molar-refractivity contribution in [3.8, 4) is 0 Å². The molecule has 1 aliphatic heterocycles. The molecule has 1 aliphatic rings. The summed E-state index contributed by atoms with van der Waals surface area (Å²) < 4.78 is 0. The quantitative estimate of drug-likeness (QED) is 0.674. The van der Waals surface area contributed by atoms with Crippen molar-refractivity contribution in [1.29, 1.82) is 0 Å². The summed E-state index contributed by atoms with van der Waals surface area (Å²) in [6.45, 7) is 3.98. The number of hydrogen-bond donors (Lipinski definition) is 2. The van der Waals surface area contributed by atoms with Gasteiger partial charge in [0.2, 0.25) is 0 Å². The Bertz CT molecular complexity index is 323. The average molecular weight is 213 g/mol. The SMILES string of the molecule is Nc1cc(N2CCNCC2)cnc1Cl. The Morgan fingerprint density at radius 2 is 2.14 bits per heavy atom. The van der Waals surface area contributed by atoms with E-state index in [0.29, 0.717) is 10.8 Å². The summed E-state index contributed by atoms with van der Waals surface area (Å²) >= 11 is 5.75. The summed E-state index contributed by atoms with van der Waals surface area (Å²) in [5.74, 6) is 0. The number of nitrogens with two attached hydrogens (primary N) is 1.